The summed E-state index contributed by atoms with van der Waals surface area (Å²) in [4.78, 5) is 21.9. The van der Waals surface area contributed by atoms with Gasteiger partial charge in [0.2, 0.25) is 0 Å². The summed E-state index contributed by atoms with van der Waals surface area (Å²) in [6, 6.07) is 17.7. The molecule has 0 bridgehead atoms. The van der Waals surface area contributed by atoms with Crippen LogP contribution in [0.15, 0.2) is 60.8 Å². The number of rotatable bonds is 3. The molecule has 31 heavy (non-hydrogen) atoms. The van der Waals surface area contributed by atoms with Crippen molar-refractivity contribution >= 4 is 22.8 Å². The van der Waals surface area contributed by atoms with Gasteiger partial charge < -0.3 is 9.80 Å². The van der Waals surface area contributed by atoms with Crippen LogP contribution in [-0.4, -0.2) is 57.0 Å². The monoisotopic (exact) mass is 412 g/mol. The number of benzene rings is 2. The molecule has 5 rings (SSSR count). The predicted molar refractivity (Wildman–Crippen MR) is 121 cm³/mol. The fourth-order valence-corrected chi connectivity index (χ4v) is 4.10. The molecule has 156 valence electrons. The zero-order chi connectivity index (χ0) is 21.4. The number of fused-ring (bicyclic) bond motifs is 1. The number of anilines is 1. The third kappa shape index (κ3) is 3.63. The van der Waals surface area contributed by atoms with Crippen molar-refractivity contribution in [1.82, 2.24) is 24.9 Å². The molecule has 7 nitrogen and oxygen atoms in total. The van der Waals surface area contributed by atoms with E-state index in [0.717, 1.165) is 24.3 Å². The Hall–Kier alpha value is -3.74. The average molecular weight is 412 g/mol. The van der Waals surface area contributed by atoms with Crippen LogP contribution in [0.25, 0.3) is 16.9 Å². The maximum Gasteiger partial charge on any atom is 0.254 e. The summed E-state index contributed by atoms with van der Waals surface area (Å²) in [5.41, 5.74) is 6.62. The minimum absolute atomic E-state index is 0.0415. The molecule has 1 aliphatic rings. The zero-order valence-electron chi connectivity index (χ0n) is 17.7. The molecule has 1 saturated heterocycles. The van der Waals surface area contributed by atoms with Gasteiger partial charge in [-0.15, -0.1) is 5.10 Å². The Morgan fingerprint density at radius 2 is 1.77 bits per heavy atom. The standard InChI is InChI=1S/C24H24N6O/c1-17-8-9-18(2)22(15-17)28-11-13-29(14-12-28)24(31)19-5-3-6-20(16-19)30-23-21(26-27-30)7-4-10-25-23/h3-10,15-16H,11-14H2,1-2H3. The minimum Gasteiger partial charge on any atom is -0.368 e. The van der Waals surface area contributed by atoms with Crippen LogP contribution in [0.4, 0.5) is 5.69 Å². The average Bonchev–Trinajstić information content (AvgIpc) is 3.25. The first kappa shape index (κ1) is 19.2. The maximum absolute atomic E-state index is 13.2. The van der Waals surface area contributed by atoms with Crippen molar-refractivity contribution < 1.29 is 4.79 Å². The van der Waals surface area contributed by atoms with Gasteiger partial charge in [-0.2, -0.15) is 4.68 Å². The highest BCUT2D eigenvalue weighted by atomic mass is 16.2. The lowest BCUT2D eigenvalue weighted by Crippen LogP contribution is -2.49. The summed E-state index contributed by atoms with van der Waals surface area (Å²) in [7, 11) is 0. The number of nitrogens with zero attached hydrogens (tertiary/aromatic N) is 6. The maximum atomic E-state index is 13.2. The molecule has 0 aliphatic carbocycles. The van der Waals surface area contributed by atoms with E-state index >= 15 is 0 Å². The van der Waals surface area contributed by atoms with Crippen molar-refractivity contribution in [2.24, 2.45) is 0 Å². The summed E-state index contributed by atoms with van der Waals surface area (Å²) in [6.07, 6.45) is 1.71. The first-order valence-electron chi connectivity index (χ1n) is 10.5. The van der Waals surface area contributed by atoms with E-state index < -0.39 is 0 Å². The molecule has 0 radical (unpaired) electrons. The first-order chi connectivity index (χ1) is 15.1. The van der Waals surface area contributed by atoms with Crippen LogP contribution in [0, 0.1) is 13.8 Å². The van der Waals surface area contributed by atoms with E-state index in [1.807, 2.05) is 41.3 Å². The van der Waals surface area contributed by atoms with Crippen LogP contribution in [0.1, 0.15) is 21.5 Å². The summed E-state index contributed by atoms with van der Waals surface area (Å²) in [6.45, 7) is 7.30. The molecule has 4 aromatic rings. The van der Waals surface area contributed by atoms with Crippen molar-refractivity contribution in [1.29, 1.82) is 0 Å². The number of carbonyl (C=O) groups is 1. The number of hydrogen-bond donors (Lipinski definition) is 0. The van der Waals surface area contributed by atoms with Crippen molar-refractivity contribution in [2.45, 2.75) is 13.8 Å². The van der Waals surface area contributed by atoms with Crippen LogP contribution < -0.4 is 4.90 Å². The van der Waals surface area contributed by atoms with Gasteiger partial charge >= 0.3 is 0 Å². The highest BCUT2D eigenvalue weighted by Gasteiger charge is 2.23. The summed E-state index contributed by atoms with van der Waals surface area (Å²) in [5, 5.41) is 8.37. The van der Waals surface area contributed by atoms with E-state index in [9.17, 15) is 4.79 Å². The molecule has 1 amide bonds. The van der Waals surface area contributed by atoms with Gasteiger partial charge in [-0.1, -0.05) is 23.4 Å². The Morgan fingerprint density at radius 1 is 0.935 bits per heavy atom. The molecule has 2 aromatic carbocycles. The van der Waals surface area contributed by atoms with Gasteiger partial charge in [0.25, 0.3) is 5.91 Å². The van der Waals surface area contributed by atoms with Gasteiger partial charge in [0.1, 0.15) is 5.52 Å². The third-order valence-electron chi connectivity index (χ3n) is 5.82. The lowest BCUT2D eigenvalue weighted by Gasteiger charge is -2.37. The van der Waals surface area contributed by atoms with Crippen LogP contribution in [0.3, 0.4) is 0 Å². The fraction of sp³-hybridized carbons (Fsp3) is 0.250. The summed E-state index contributed by atoms with van der Waals surface area (Å²) >= 11 is 0. The normalized spacial score (nSPS) is 14.3. The van der Waals surface area contributed by atoms with Gasteiger partial charge in [0, 0.05) is 43.6 Å². The molecule has 0 atom stereocenters. The van der Waals surface area contributed by atoms with E-state index in [4.69, 9.17) is 0 Å². The molecule has 3 heterocycles. The van der Waals surface area contributed by atoms with Gasteiger partial charge in [-0.05, 0) is 61.4 Å². The van der Waals surface area contributed by atoms with Crippen molar-refractivity contribution in [3.63, 3.8) is 0 Å². The largest absolute Gasteiger partial charge is 0.368 e. The van der Waals surface area contributed by atoms with Gasteiger partial charge in [-0.25, -0.2) is 4.98 Å². The second-order valence-electron chi connectivity index (χ2n) is 7.97. The predicted octanol–water partition coefficient (Wildman–Crippen LogP) is 3.39. The number of hydrogen-bond acceptors (Lipinski definition) is 5. The van der Waals surface area contributed by atoms with Crippen molar-refractivity contribution in [2.75, 3.05) is 31.1 Å². The van der Waals surface area contributed by atoms with Crippen molar-refractivity contribution in [3.05, 3.63) is 77.5 Å². The fourth-order valence-electron chi connectivity index (χ4n) is 4.10. The number of amides is 1. The number of pyridine rings is 1. The number of aromatic nitrogens is 4. The highest BCUT2D eigenvalue weighted by Crippen LogP contribution is 2.23. The quantitative estimate of drug-likeness (QED) is 0.516. The number of carbonyl (C=O) groups excluding carboxylic acids is 1. The molecule has 0 spiro atoms. The topological polar surface area (TPSA) is 67.2 Å². The Kier molecular flexibility index (Phi) is 4.86. The molecule has 0 saturated carbocycles. The molecule has 0 N–H and O–H groups in total. The first-order valence-corrected chi connectivity index (χ1v) is 10.5. The number of piperazine rings is 1. The van der Waals surface area contributed by atoms with Crippen molar-refractivity contribution in [3.8, 4) is 5.69 Å². The SMILES string of the molecule is Cc1ccc(C)c(N2CCN(C(=O)c3cccc(-n4nnc5cccnc54)c3)CC2)c1. The second kappa shape index (κ2) is 7.83. The summed E-state index contributed by atoms with van der Waals surface area (Å²) in [5.74, 6) is 0.0415. The molecule has 1 fully saturated rings. The van der Waals surface area contributed by atoms with E-state index in [1.54, 1.807) is 10.9 Å². The Labute approximate surface area is 180 Å². The number of aryl methyl sites for hydroxylation is 2. The Bertz CT molecular complexity index is 1260. The van der Waals surface area contributed by atoms with E-state index in [-0.39, 0.29) is 5.91 Å². The van der Waals surface area contributed by atoms with Crippen LogP contribution in [0.2, 0.25) is 0 Å². The Balaban J connectivity index is 1.33. The van der Waals surface area contributed by atoms with E-state index in [2.05, 4.69) is 52.2 Å². The zero-order valence-corrected chi connectivity index (χ0v) is 17.7. The van der Waals surface area contributed by atoms with Gasteiger partial charge in [0.05, 0.1) is 5.69 Å². The molecule has 1 aliphatic heterocycles. The Morgan fingerprint density at radius 3 is 2.61 bits per heavy atom. The molecule has 0 unspecified atom stereocenters. The van der Waals surface area contributed by atoms with Crippen LogP contribution >= 0.6 is 0 Å². The lowest BCUT2D eigenvalue weighted by atomic mass is 10.1. The smallest absolute Gasteiger partial charge is 0.254 e. The minimum atomic E-state index is 0.0415. The third-order valence-corrected chi connectivity index (χ3v) is 5.82. The van der Waals surface area contributed by atoms with E-state index in [0.29, 0.717) is 24.3 Å². The van der Waals surface area contributed by atoms with Crippen LogP contribution in [-0.2, 0) is 0 Å². The molecule has 2 aromatic heterocycles. The van der Waals surface area contributed by atoms with Gasteiger partial charge in [0.15, 0.2) is 5.65 Å². The highest BCUT2D eigenvalue weighted by molar-refractivity contribution is 5.95. The van der Waals surface area contributed by atoms with Crippen LogP contribution in [0.5, 0.6) is 0 Å². The molecular formula is C24H24N6O. The molecular weight excluding hydrogens is 388 g/mol. The van der Waals surface area contributed by atoms with Gasteiger partial charge in [-0.3, -0.25) is 4.79 Å². The lowest BCUT2D eigenvalue weighted by molar-refractivity contribution is 0.0746. The second-order valence-corrected chi connectivity index (χ2v) is 7.97. The molecule has 7 heteroatoms. The summed E-state index contributed by atoms with van der Waals surface area (Å²) < 4.78 is 1.67. The van der Waals surface area contributed by atoms with E-state index in [1.165, 1.54) is 16.8 Å².